The zero-order chi connectivity index (χ0) is 21.1. The van der Waals surface area contributed by atoms with Crippen molar-refractivity contribution >= 4 is 23.3 Å². The number of nitro groups is 1. The van der Waals surface area contributed by atoms with E-state index in [1.54, 1.807) is 12.1 Å². The molecule has 4 rings (SSSR count). The molecule has 0 aromatic heterocycles. The standard InChI is InChI=1S/C21H29N5O4/c27-20(23-13-15-25(16-14-23)21(28)24-9-3-4-10-24)17-7-11-22(12-8-17)18-5-1-2-6-19(18)26(29)30/h1-2,5-6,17H,3-4,7-16H2. The fourth-order valence-electron chi connectivity index (χ4n) is 4.74. The maximum absolute atomic E-state index is 13.0. The molecular formula is C21H29N5O4. The van der Waals surface area contributed by atoms with Crippen molar-refractivity contribution in [1.29, 1.82) is 0 Å². The summed E-state index contributed by atoms with van der Waals surface area (Å²) in [7, 11) is 0. The van der Waals surface area contributed by atoms with E-state index in [1.807, 2.05) is 25.7 Å². The van der Waals surface area contributed by atoms with Crippen LogP contribution >= 0.6 is 0 Å². The summed E-state index contributed by atoms with van der Waals surface area (Å²) >= 11 is 0. The van der Waals surface area contributed by atoms with Gasteiger partial charge in [-0.3, -0.25) is 14.9 Å². The number of carbonyl (C=O) groups is 2. The molecule has 30 heavy (non-hydrogen) atoms. The summed E-state index contributed by atoms with van der Waals surface area (Å²) in [6.45, 7) is 5.31. The molecule has 0 unspecified atom stereocenters. The number of rotatable bonds is 3. The van der Waals surface area contributed by atoms with E-state index in [1.165, 1.54) is 6.07 Å². The predicted molar refractivity (Wildman–Crippen MR) is 112 cm³/mol. The summed E-state index contributed by atoms with van der Waals surface area (Å²) in [5.41, 5.74) is 0.739. The van der Waals surface area contributed by atoms with Gasteiger partial charge in [0.25, 0.3) is 5.69 Å². The number of carbonyl (C=O) groups excluding carboxylic acids is 2. The van der Waals surface area contributed by atoms with Crippen molar-refractivity contribution in [1.82, 2.24) is 14.7 Å². The molecule has 3 amide bonds. The highest BCUT2D eigenvalue weighted by atomic mass is 16.6. The Hall–Kier alpha value is -2.84. The average Bonchev–Trinajstić information content (AvgIpc) is 3.33. The second-order valence-corrected chi connectivity index (χ2v) is 8.30. The van der Waals surface area contributed by atoms with Crippen LogP contribution in [0.1, 0.15) is 25.7 Å². The van der Waals surface area contributed by atoms with Crippen LogP contribution in [0.25, 0.3) is 0 Å². The second-order valence-electron chi connectivity index (χ2n) is 8.30. The zero-order valence-electron chi connectivity index (χ0n) is 17.2. The van der Waals surface area contributed by atoms with Crippen LogP contribution in [0.4, 0.5) is 16.2 Å². The number of para-hydroxylation sites is 2. The Balaban J connectivity index is 1.28. The Morgan fingerprint density at radius 1 is 0.833 bits per heavy atom. The minimum absolute atomic E-state index is 0.0511. The van der Waals surface area contributed by atoms with Gasteiger partial charge >= 0.3 is 6.03 Å². The molecule has 3 heterocycles. The number of nitrogens with zero attached hydrogens (tertiary/aromatic N) is 5. The average molecular weight is 415 g/mol. The largest absolute Gasteiger partial charge is 0.366 e. The Morgan fingerprint density at radius 3 is 2.03 bits per heavy atom. The van der Waals surface area contributed by atoms with Crippen LogP contribution in [-0.4, -0.2) is 83.9 Å². The highest BCUT2D eigenvalue weighted by molar-refractivity contribution is 5.80. The molecule has 0 radical (unpaired) electrons. The minimum Gasteiger partial charge on any atom is -0.366 e. The predicted octanol–water partition coefficient (Wildman–Crippen LogP) is 2.17. The lowest BCUT2D eigenvalue weighted by Crippen LogP contribution is -2.55. The van der Waals surface area contributed by atoms with Crippen molar-refractivity contribution in [2.24, 2.45) is 5.92 Å². The molecule has 3 aliphatic rings. The quantitative estimate of drug-likeness (QED) is 0.557. The third-order valence-electron chi connectivity index (χ3n) is 6.50. The molecule has 9 heteroatoms. The van der Waals surface area contributed by atoms with E-state index < -0.39 is 0 Å². The molecule has 0 aliphatic carbocycles. The number of urea groups is 1. The van der Waals surface area contributed by atoms with Crippen LogP contribution in [0.3, 0.4) is 0 Å². The third kappa shape index (κ3) is 4.20. The summed E-state index contributed by atoms with van der Waals surface area (Å²) in [6.07, 6.45) is 3.54. The number of hydrogen-bond donors (Lipinski definition) is 0. The van der Waals surface area contributed by atoms with Gasteiger partial charge in [0.05, 0.1) is 4.92 Å². The number of anilines is 1. The molecule has 3 saturated heterocycles. The fraction of sp³-hybridized carbons (Fsp3) is 0.619. The van der Waals surface area contributed by atoms with Gasteiger partial charge in [-0.25, -0.2) is 4.79 Å². The number of benzene rings is 1. The van der Waals surface area contributed by atoms with Crippen molar-refractivity contribution in [3.63, 3.8) is 0 Å². The molecule has 3 aliphatic heterocycles. The van der Waals surface area contributed by atoms with E-state index in [2.05, 4.69) is 0 Å². The number of hydrogen-bond acceptors (Lipinski definition) is 5. The SMILES string of the molecule is O=C(C1CCN(c2ccccc2[N+](=O)[O-])CC1)N1CCN(C(=O)N2CCCC2)CC1. The van der Waals surface area contributed by atoms with Crippen molar-refractivity contribution in [2.75, 3.05) is 57.3 Å². The van der Waals surface area contributed by atoms with Crippen LogP contribution in [-0.2, 0) is 4.79 Å². The van der Waals surface area contributed by atoms with Crippen LogP contribution in [0.15, 0.2) is 24.3 Å². The molecule has 162 valence electrons. The molecular weight excluding hydrogens is 386 g/mol. The lowest BCUT2D eigenvalue weighted by atomic mass is 9.94. The van der Waals surface area contributed by atoms with Gasteiger partial charge in [-0.2, -0.15) is 0 Å². The van der Waals surface area contributed by atoms with Gasteiger partial charge in [0.15, 0.2) is 0 Å². The molecule has 0 N–H and O–H groups in total. The fourth-order valence-corrected chi connectivity index (χ4v) is 4.74. The zero-order valence-corrected chi connectivity index (χ0v) is 17.2. The van der Waals surface area contributed by atoms with Crippen molar-refractivity contribution < 1.29 is 14.5 Å². The maximum atomic E-state index is 13.0. The van der Waals surface area contributed by atoms with E-state index in [0.29, 0.717) is 57.8 Å². The molecule has 0 spiro atoms. The van der Waals surface area contributed by atoms with Gasteiger partial charge in [0.1, 0.15) is 5.69 Å². The van der Waals surface area contributed by atoms with Gasteiger partial charge in [0, 0.05) is 64.3 Å². The van der Waals surface area contributed by atoms with E-state index in [0.717, 1.165) is 25.9 Å². The molecule has 0 saturated carbocycles. The van der Waals surface area contributed by atoms with Crippen LogP contribution in [0.5, 0.6) is 0 Å². The second kappa shape index (κ2) is 8.89. The third-order valence-corrected chi connectivity index (χ3v) is 6.50. The number of likely N-dealkylation sites (tertiary alicyclic amines) is 1. The van der Waals surface area contributed by atoms with Gasteiger partial charge < -0.3 is 19.6 Å². The first-order valence-corrected chi connectivity index (χ1v) is 10.9. The first-order valence-electron chi connectivity index (χ1n) is 10.9. The molecule has 3 fully saturated rings. The number of piperazine rings is 1. The van der Waals surface area contributed by atoms with Crippen LogP contribution < -0.4 is 4.90 Å². The molecule has 1 aromatic rings. The number of amides is 3. The Bertz CT molecular complexity index is 794. The molecule has 0 atom stereocenters. The first-order chi connectivity index (χ1) is 14.5. The normalized spacial score (nSPS) is 20.5. The lowest BCUT2D eigenvalue weighted by Gasteiger charge is -2.39. The topological polar surface area (TPSA) is 90.2 Å². The Kier molecular flexibility index (Phi) is 6.06. The maximum Gasteiger partial charge on any atom is 0.320 e. The monoisotopic (exact) mass is 415 g/mol. The van der Waals surface area contributed by atoms with Crippen molar-refractivity contribution in [2.45, 2.75) is 25.7 Å². The summed E-state index contributed by atoms with van der Waals surface area (Å²) < 4.78 is 0. The van der Waals surface area contributed by atoms with Gasteiger partial charge in [-0.15, -0.1) is 0 Å². The van der Waals surface area contributed by atoms with Crippen molar-refractivity contribution in [3.8, 4) is 0 Å². The smallest absolute Gasteiger partial charge is 0.320 e. The van der Waals surface area contributed by atoms with E-state index in [-0.39, 0.29) is 28.5 Å². The Labute approximate surface area is 176 Å². The molecule has 9 nitrogen and oxygen atoms in total. The van der Waals surface area contributed by atoms with Crippen LogP contribution in [0.2, 0.25) is 0 Å². The minimum atomic E-state index is -0.352. The Morgan fingerprint density at radius 2 is 1.40 bits per heavy atom. The highest BCUT2D eigenvalue weighted by Gasteiger charge is 2.33. The van der Waals surface area contributed by atoms with E-state index in [4.69, 9.17) is 0 Å². The van der Waals surface area contributed by atoms with Crippen LogP contribution in [0, 0.1) is 16.0 Å². The van der Waals surface area contributed by atoms with Gasteiger partial charge in [0.2, 0.25) is 5.91 Å². The van der Waals surface area contributed by atoms with E-state index in [9.17, 15) is 19.7 Å². The van der Waals surface area contributed by atoms with E-state index >= 15 is 0 Å². The first kappa shape index (κ1) is 20.4. The number of piperidine rings is 1. The lowest BCUT2D eigenvalue weighted by molar-refractivity contribution is -0.384. The molecule has 0 bridgehead atoms. The molecule has 1 aromatic carbocycles. The number of nitro benzene ring substituents is 1. The highest BCUT2D eigenvalue weighted by Crippen LogP contribution is 2.31. The van der Waals surface area contributed by atoms with Gasteiger partial charge in [-0.05, 0) is 31.7 Å². The summed E-state index contributed by atoms with van der Waals surface area (Å²) in [5, 5.41) is 11.3. The summed E-state index contributed by atoms with van der Waals surface area (Å²) in [4.78, 5) is 44.1. The summed E-state index contributed by atoms with van der Waals surface area (Å²) in [5.74, 6) is 0.107. The summed E-state index contributed by atoms with van der Waals surface area (Å²) in [6, 6.07) is 6.89. The van der Waals surface area contributed by atoms with Gasteiger partial charge in [-0.1, -0.05) is 12.1 Å². The van der Waals surface area contributed by atoms with Crippen molar-refractivity contribution in [3.05, 3.63) is 34.4 Å².